The second kappa shape index (κ2) is 11.5. The SMILES string of the molecule is CN=C(NCCCOCC(C)C)NCCNC(=O)c1ccco1. The van der Waals surface area contributed by atoms with Crippen LogP contribution in [0, 0.1) is 5.92 Å². The quantitative estimate of drug-likeness (QED) is 0.342. The van der Waals surface area contributed by atoms with Crippen LogP contribution in [0.5, 0.6) is 0 Å². The molecular formula is C16H28N4O3. The standard InChI is InChI=1S/C16H28N4O3/c1-13(2)12-22-10-5-7-19-16(17-3)20-9-8-18-15(21)14-6-4-11-23-14/h4,6,11,13H,5,7-10,12H2,1-3H3,(H,18,21)(H2,17,19,20). The molecule has 130 valence electrons. The van der Waals surface area contributed by atoms with E-state index in [4.69, 9.17) is 9.15 Å². The van der Waals surface area contributed by atoms with Gasteiger partial charge in [-0.25, -0.2) is 0 Å². The number of guanidine groups is 1. The molecule has 1 rings (SSSR count). The Morgan fingerprint density at radius 1 is 1.26 bits per heavy atom. The summed E-state index contributed by atoms with van der Waals surface area (Å²) in [6.07, 6.45) is 2.40. The number of aliphatic imine (C=N–C) groups is 1. The molecule has 0 bridgehead atoms. The fraction of sp³-hybridized carbons (Fsp3) is 0.625. The van der Waals surface area contributed by atoms with Crippen molar-refractivity contribution in [1.29, 1.82) is 0 Å². The van der Waals surface area contributed by atoms with Gasteiger partial charge in [0, 0.05) is 39.9 Å². The summed E-state index contributed by atoms with van der Waals surface area (Å²) in [7, 11) is 1.71. The highest BCUT2D eigenvalue weighted by Crippen LogP contribution is 1.98. The molecule has 0 spiro atoms. The van der Waals surface area contributed by atoms with E-state index >= 15 is 0 Å². The first-order chi connectivity index (χ1) is 11.1. The number of amides is 1. The minimum atomic E-state index is -0.220. The molecule has 0 fully saturated rings. The highest BCUT2D eigenvalue weighted by atomic mass is 16.5. The highest BCUT2D eigenvalue weighted by molar-refractivity contribution is 5.91. The van der Waals surface area contributed by atoms with Gasteiger partial charge in [-0.3, -0.25) is 9.79 Å². The zero-order valence-electron chi connectivity index (χ0n) is 14.2. The van der Waals surface area contributed by atoms with Gasteiger partial charge < -0.3 is 25.1 Å². The summed E-state index contributed by atoms with van der Waals surface area (Å²) < 4.78 is 10.5. The van der Waals surface area contributed by atoms with E-state index in [2.05, 4.69) is 34.8 Å². The average molecular weight is 324 g/mol. The number of rotatable bonds is 10. The van der Waals surface area contributed by atoms with Crippen LogP contribution in [0.4, 0.5) is 0 Å². The summed E-state index contributed by atoms with van der Waals surface area (Å²) in [6, 6.07) is 3.31. The summed E-state index contributed by atoms with van der Waals surface area (Å²) in [6.45, 7) is 7.65. The number of hydrogen-bond acceptors (Lipinski definition) is 4. The third-order valence-corrected chi connectivity index (χ3v) is 2.88. The largest absolute Gasteiger partial charge is 0.459 e. The Labute approximate surface area is 137 Å². The van der Waals surface area contributed by atoms with E-state index in [0.29, 0.717) is 30.7 Å². The summed E-state index contributed by atoms with van der Waals surface area (Å²) in [4.78, 5) is 15.8. The predicted octanol–water partition coefficient (Wildman–Crippen LogP) is 1.24. The van der Waals surface area contributed by atoms with Gasteiger partial charge in [0.25, 0.3) is 5.91 Å². The molecule has 1 amide bonds. The van der Waals surface area contributed by atoms with Crippen molar-refractivity contribution in [2.24, 2.45) is 10.9 Å². The van der Waals surface area contributed by atoms with Gasteiger partial charge in [-0.05, 0) is 24.5 Å². The lowest BCUT2D eigenvalue weighted by atomic mass is 10.2. The summed E-state index contributed by atoms with van der Waals surface area (Å²) in [5.41, 5.74) is 0. The monoisotopic (exact) mass is 324 g/mol. The van der Waals surface area contributed by atoms with Crippen LogP contribution in [0.1, 0.15) is 30.8 Å². The molecule has 0 saturated carbocycles. The van der Waals surface area contributed by atoms with Gasteiger partial charge in [-0.2, -0.15) is 0 Å². The minimum absolute atomic E-state index is 0.220. The predicted molar refractivity (Wildman–Crippen MR) is 90.7 cm³/mol. The lowest BCUT2D eigenvalue weighted by Crippen LogP contribution is -2.42. The van der Waals surface area contributed by atoms with Gasteiger partial charge in [-0.1, -0.05) is 13.8 Å². The van der Waals surface area contributed by atoms with E-state index in [9.17, 15) is 4.79 Å². The van der Waals surface area contributed by atoms with Crippen molar-refractivity contribution in [2.45, 2.75) is 20.3 Å². The number of nitrogens with one attached hydrogen (secondary N) is 3. The van der Waals surface area contributed by atoms with Crippen molar-refractivity contribution in [1.82, 2.24) is 16.0 Å². The molecule has 7 nitrogen and oxygen atoms in total. The molecule has 0 unspecified atom stereocenters. The first kappa shape index (κ1) is 19.0. The maximum Gasteiger partial charge on any atom is 0.287 e. The smallest absolute Gasteiger partial charge is 0.287 e. The summed E-state index contributed by atoms with van der Waals surface area (Å²) >= 11 is 0. The molecule has 0 aliphatic heterocycles. The molecule has 1 heterocycles. The van der Waals surface area contributed by atoms with Gasteiger partial charge in [0.15, 0.2) is 11.7 Å². The van der Waals surface area contributed by atoms with Gasteiger partial charge in [0.1, 0.15) is 0 Å². The van der Waals surface area contributed by atoms with Crippen molar-refractivity contribution in [3.8, 4) is 0 Å². The number of nitrogens with zero attached hydrogens (tertiary/aromatic N) is 1. The van der Waals surface area contributed by atoms with Crippen molar-refractivity contribution in [3.63, 3.8) is 0 Å². The van der Waals surface area contributed by atoms with Crippen LogP contribution in [0.3, 0.4) is 0 Å². The molecule has 0 atom stereocenters. The van der Waals surface area contributed by atoms with Gasteiger partial charge >= 0.3 is 0 Å². The second-order valence-corrected chi connectivity index (χ2v) is 5.48. The van der Waals surface area contributed by atoms with E-state index in [1.807, 2.05) is 0 Å². The maximum absolute atomic E-state index is 11.6. The van der Waals surface area contributed by atoms with Crippen LogP contribution in [0.2, 0.25) is 0 Å². The van der Waals surface area contributed by atoms with E-state index in [0.717, 1.165) is 26.2 Å². The Balaban J connectivity index is 2.04. The molecule has 0 saturated heterocycles. The summed E-state index contributed by atoms with van der Waals surface area (Å²) in [5, 5.41) is 9.09. The first-order valence-electron chi connectivity index (χ1n) is 7.97. The zero-order chi connectivity index (χ0) is 16.9. The molecular weight excluding hydrogens is 296 g/mol. The highest BCUT2D eigenvalue weighted by Gasteiger charge is 2.06. The molecule has 0 aliphatic rings. The van der Waals surface area contributed by atoms with Crippen molar-refractivity contribution in [2.75, 3.05) is 39.9 Å². The third kappa shape index (κ3) is 8.87. The van der Waals surface area contributed by atoms with Gasteiger partial charge in [0.2, 0.25) is 0 Å². The van der Waals surface area contributed by atoms with Crippen LogP contribution < -0.4 is 16.0 Å². The zero-order valence-corrected chi connectivity index (χ0v) is 14.2. The first-order valence-corrected chi connectivity index (χ1v) is 7.97. The van der Waals surface area contributed by atoms with Crippen molar-refractivity contribution >= 4 is 11.9 Å². The molecule has 1 aromatic rings. The second-order valence-electron chi connectivity index (χ2n) is 5.48. The lowest BCUT2D eigenvalue weighted by molar-refractivity contribution is 0.0926. The number of hydrogen-bond donors (Lipinski definition) is 3. The maximum atomic E-state index is 11.6. The number of carbonyl (C=O) groups is 1. The number of furan rings is 1. The summed E-state index contributed by atoms with van der Waals surface area (Å²) in [5.74, 6) is 1.37. The molecule has 0 aliphatic carbocycles. The van der Waals surface area contributed by atoms with Crippen LogP contribution in [-0.2, 0) is 4.74 Å². The van der Waals surface area contributed by atoms with Gasteiger partial charge in [0.05, 0.1) is 6.26 Å². The normalized spacial score (nSPS) is 11.6. The fourth-order valence-corrected chi connectivity index (χ4v) is 1.77. The Kier molecular flexibility index (Phi) is 9.54. The fourth-order valence-electron chi connectivity index (χ4n) is 1.77. The topological polar surface area (TPSA) is 87.9 Å². The van der Waals surface area contributed by atoms with Crippen molar-refractivity contribution < 1.29 is 13.9 Å². The van der Waals surface area contributed by atoms with Crippen molar-refractivity contribution in [3.05, 3.63) is 24.2 Å². The molecule has 23 heavy (non-hydrogen) atoms. The van der Waals surface area contributed by atoms with E-state index < -0.39 is 0 Å². The van der Waals surface area contributed by atoms with Crippen LogP contribution in [-0.4, -0.2) is 51.8 Å². The molecule has 0 aromatic carbocycles. The average Bonchev–Trinajstić information content (AvgIpc) is 3.06. The minimum Gasteiger partial charge on any atom is -0.459 e. The molecule has 0 radical (unpaired) electrons. The number of carbonyl (C=O) groups excluding carboxylic acids is 1. The van der Waals surface area contributed by atoms with Crippen LogP contribution >= 0.6 is 0 Å². The van der Waals surface area contributed by atoms with E-state index in [1.165, 1.54) is 6.26 Å². The van der Waals surface area contributed by atoms with Crippen LogP contribution in [0.15, 0.2) is 27.8 Å². The lowest BCUT2D eigenvalue weighted by Gasteiger charge is -2.12. The Hall–Kier alpha value is -2.02. The van der Waals surface area contributed by atoms with Crippen LogP contribution in [0.25, 0.3) is 0 Å². The van der Waals surface area contributed by atoms with E-state index in [-0.39, 0.29) is 5.91 Å². The molecule has 7 heteroatoms. The molecule has 3 N–H and O–H groups in total. The Morgan fingerprint density at radius 2 is 2.00 bits per heavy atom. The third-order valence-electron chi connectivity index (χ3n) is 2.88. The van der Waals surface area contributed by atoms with E-state index in [1.54, 1.807) is 19.2 Å². The Bertz CT molecular complexity index is 458. The Morgan fingerprint density at radius 3 is 2.65 bits per heavy atom. The van der Waals surface area contributed by atoms with Gasteiger partial charge in [-0.15, -0.1) is 0 Å². The number of ether oxygens (including phenoxy) is 1. The molecule has 1 aromatic heterocycles.